The van der Waals surface area contributed by atoms with Crippen LogP contribution in [0, 0.1) is 0 Å². The van der Waals surface area contributed by atoms with Crippen LogP contribution < -0.4 is 10.5 Å². The second kappa shape index (κ2) is 5.28. The highest BCUT2D eigenvalue weighted by atomic mass is 16.5. The van der Waals surface area contributed by atoms with Crippen LogP contribution in [0.3, 0.4) is 0 Å². The standard InChI is InChI=1S/C13H14N2O/c14-6-8-16-13-5-1-3-11(9-13)12-4-2-7-15-10-12/h1-5,7,9-10H,6,8,14H2. The second-order valence-corrected chi connectivity index (χ2v) is 3.41. The van der Waals surface area contributed by atoms with Gasteiger partial charge in [-0.1, -0.05) is 18.2 Å². The molecule has 3 nitrogen and oxygen atoms in total. The summed E-state index contributed by atoms with van der Waals surface area (Å²) in [6, 6.07) is 11.9. The van der Waals surface area contributed by atoms with Crippen molar-refractivity contribution in [1.82, 2.24) is 4.98 Å². The van der Waals surface area contributed by atoms with Crippen molar-refractivity contribution >= 4 is 0 Å². The predicted octanol–water partition coefficient (Wildman–Crippen LogP) is 2.09. The molecule has 0 bridgehead atoms. The molecule has 82 valence electrons. The summed E-state index contributed by atoms with van der Waals surface area (Å²) in [5.74, 6) is 0.840. The van der Waals surface area contributed by atoms with Crippen molar-refractivity contribution in [3.8, 4) is 16.9 Å². The average Bonchev–Trinajstić information content (AvgIpc) is 2.38. The van der Waals surface area contributed by atoms with E-state index in [1.54, 1.807) is 6.20 Å². The number of ether oxygens (including phenoxy) is 1. The number of nitrogens with two attached hydrogens (primary N) is 1. The summed E-state index contributed by atoms with van der Waals surface area (Å²) < 4.78 is 5.47. The molecule has 2 aromatic rings. The zero-order valence-corrected chi connectivity index (χ0v) is 8.97. The Balaban J connectivity index is 2.22. The van der Waals surface area contributed by atoms with Gasteiger partial charge in [-0.25, -0.2) is 0 Å². The van der Waals surface area contributed by atoms with Crippen molar-refractivity contribution < 1.29 is 4.74 Å². The first-order valence-electron chi connectivity index (χ1n) is 5.23. The van der Waals surface area contributed by atoms with Gasteiger partial charge in [0.25, 0.3) is 0 Å². The van der Waals surface area contributed by atoms with Gasteiger partial charge in [0, 0.05) is 24.5 Å². The minimum Gasteiger partial charge on any atom is -0.492 e. The molecule has 16 heavy (non-hydrogen) atoms. The Hall–Kier alpha value is -1.87. The minimum atomic E-state index is 0.525. The Morgan fingerprint density at radius 3 is 2.75 bits per heavy atom. The van der Waals surface area contributed by atoms with Crippen LogP contribution in [0.15, 0.2) is 48.8 Å². The molecule has 0 amide bonds. The maximum atomic E-state index is 5.47. The minimum absolute atomic E-state index is 0.525. The summed E-state index contributed by atoms with van der Waals surface area (Å²) in [5.41, 5.74) is 7.57. The number of benzene rings is 1. The van der Waals surface area contributed by atoms with Crippen LogP contribution in [-0.2, 0) is 0 Å². The zero-order valence-electron chi connectivity index (χ0n) is 8.97. The smallest absolute Gasteiger partial charge is 0.119 e. The molecule has 0 aliphatic rings. The van der Waals surface area contributed by atoms with Gasteiger partial charge in [0.15, 0.2) is 0 Å². The average molecular weight is 214 g/mol. The van der Waals surface area contributed by atoms with Crippen molar-refractivity contribution in [1.29, 1.82) is 0 Å². The Labute approximate surface area is 94.9 Å². The molecule has 0 atom stereocenters. The summed E-state index contributed by atoms with van der Waals surface area (Å²) in [5, 5.41) is 0. The van der Waals surface area contributed by atoms with Crippen molar-refractivity contribution in [3.05, 3.63) is 48.8 Å². The fraction of sp³-hybridized carbons (Fsp3) is 0.154. The number of aromatic nitrogens is 1. The Kier molecular flexibility index (Phi) is 3.51. The van der Waals surface area contributed by atoms with Crippen molar-refractivity contribution in [2.45, 2.75) is 0 Å². The monoisotopic (exact) mass is 214 g/mol. The van der Waals surface area contributed by atoms with E-state index in [2.05, 4.69) is 4.98 Å². The first-order chi connectivity index (χ1) is 7.90. The summed E-state index contributed by atoms with van der Waals surface area (Å²) in [6.45, 7) is 1.06. The van der Waals surface area contributed by atoms with Gasteiger partial charge >= 0.3 is 0 Å². The molecule has 1 heterocycles. The predicted molar refractivity (Wildman–Crippen MR) is 64.2 cm³/mol. The molecule has 1 aromatic heterocycles. The molecule has 2 rings (SSSR count). The molecule has 0 aliphatic carbocycles. The van der Waals surface area contributed by atoms with Crippen LogP contribution >= 0.6 is 0 Å². The van der Waals surface area contributed by atoms with Gasteiger partial charge in [0.2, 0.25) is 0 Å². The number of nitrogens with zero attached hydrogens (tertiary/aromatic N) is 1. The summed E-state index contributed by atoms with van der Waals surface area (Å²) in [6.07, 6.45) is 3.60. The molecule has 0 saturated heterocycles. The Bertz CT molecular complexity index is 443. The van der Waals surface area contributed by atoms with Gasteiger partial charge in [-0.15, -0.1) is 0 Å². The first kappa shape index (κ1) is 10.6. The van der Waals surface area contributed by atoms with Gasteiger partial charge in [-0.3, -0.25) is 4.98 Å². The summed E-state index contributed by atoms with van der Waals surface area (Å²) in [7, 11) is 0. The Morgan fingerprint density at radius 1 is 1.12 bits per heavy atom. The van der Waals surface area contributed by atoms with Crippen LogP contribution in [-0.4, -0.2) is 18.1 Å². The van der Waals surface area contributed by atoms with Gasteiger partial charge < -0.3 is 10.5 Å². The fourth-order valence-corrected chi connectivity index (χ4v) is 1.48. The highest BCUT2D eigenvalue weighted by Gasteiger charge is 1.99. The van der Waals surface area contributed by atoms with Crippen LogP contribution in [0.1, 0.15) is 0 Å². The van der Waals surface area contributed by atoms with E-state index in [1.807, 2.05) is 42.6 Å². The molecular formula is C13H14N2O. The van der Waals surface area contributed by atoms with Crippen molar-refractivity contribution in [3.63, 3.8) is 0 Å². The topological polar surface area (TPSA) is 48.1 Å². The van der Waals surface area contributed by atoms with Crippen molar-refractivity contribution in [2.75, 3.05) is 13.2 Å². The van der Waals surface area contributed by atoms with E-state index in [4.69, 9.17) is 10.5 Å². The lowest BCUT2D eigenvalue weighted by Gasteiger charge is -2.06. The third-order valence-electron chi connectivity index (χ3n) is 2.22. The van der Waals surface area contributed by atoms with Gasteiger partial charge in [-0.05, 0) is 23.8 Å². The molecular weight excluding hydrogens is 200 g/mol. The normalized spacial score (nSPS) is 10.1. The van der Waals surface area contributed by atoms with Crippen LogP contribution in [0.4, 0.5) is 0 Å². The van der Waals surface area contributed by atoms with E-state index in [-0.39, 0.29) is 0 Å². The third kappa shape index (κ3) is 2.58. The van der Waals surface area contributed by atoms with E-state index < -0.39 is 0 Å². The number of pyridine rings is 1. The molecule has 0 unspecified atom stereocenters. The SMILES string of the molecule is NCCOc1cccc(-c2cccnc2)c1. The quantitative estimate of drug-likeness (QED) is 0.847. The maximum Gasteiger partial charge on any atom is 0.119 e. The lowest BCUT2D eigenvalue weighted by atomic mass is 10.1. The number of hydrogen-bond acceptors (Lipinski definition) is 3. The van der Waals surface area contributed by atoms with E-state index in [0.717, 1.165) is 16.9 Å². The number of hydrogen-bond donors (Lipinski definition) is 1. The highest BCUT2D eigenvalue weighted by Crippen LogP contribution is 2.22. The van der Waals surface area contributed by atoms with Crippen LogP contribution in [0.25, 0.3) is 11.1 Å². The van der Waals surface area contributed by atoms with Gasteiger partial charge in [0.1, 0.15) is 12.4 Å². The van der Waals surface area contributed by atoms with E-state index in [0.29, 0.717) is 13.2 Å². The van der Waals surface area contributed by atoms with E-state index in [1.165, 1.54) is 0 Å². The molecule has 0 radical (unpaired) electrons. The summed E-state index contributed by atoms with van der Waals surface area (Å²) >= 11 is 0. The molecule has 3 heteroatoms. The van der Waals surface area contributed by atoms with E-state index in [9.17, 15) is 0 Å². The molecule has 0 aliphatic heterocycles. The third-order valence-corrected chi connectivity index (χ3v) is 2.22. The largest absolute Gasteiger partial charge is 0.492 e. The lowest BCUT2D eigenvalue weighted by molar-refractivity contribution is 0.328. The highest BCUT2D eigenvalue weighted by molar-refractivity contribution is 5.63. The fourth-order valence-electron chi connectivity index (χ4n) is 1.48. The maximum absolute atomic E-state index is 5.47. The molecule has 0 spiro atoms. The van der Waals surface area contributed by atoms with Gasteiger partial charge in [-0.2, -0.15) is 0 Å². The molecule has 0 saturated carbocycles. The molecule has 2 N–H and O–H groups in total. The lowest BCUT2D eigenvalue weighted by Crippen LogP contribution is -2.10. The second-order valence-electron chi connectivity index (χ2n) is 3.41. The van der Waals surface area contributed by atoms with Crippen molar-refractivity contribution in [2.24, 2.45) is 5.73 Å². The first-order valence-corrected chi connectivity index (χ1v) is 5.23. The zero-order chi connectivity index (χ0) is 11.2. The number of rotatable bonds is 4. The molecule has 0 fully saturated rings. The van der Waals surface area contributed by atoms with Gasteiger partial charge in [0.05, 0.1) is 0 Å². The Morgan fingerprint density at radius 2 is 2.00 bits per heavy atom. The van der Waals surface area contributed by atoms with E-state index >= 15 is 0 Å². The van der Waals surface area contributed by atoms with Crippen LogP contribution in [0.5, 0.6) is 5.75 Å². The summed E-state index contributed by atoms with van der Waals surface area (Å²) in [4.78, 5) is 4.09. The van der Waals surface area contributed by atoms with Crippen LogP contribution in [0.2, 0.25) is 0 Å². The molecule has 1 aromatic carbocycles.